The van der Waals surface area contributed by atoms with Gasteiger partial charge in [0, 0.05) is 12.7 Å². The van der Waals surface area contributed by atoms with Crippen molar-refractivity contribution in [1.29, 1.82) is 0 Å². The van der Waals surface area contributed by atoms with E-state index in [1.165, 1.54) is 18.3 Å². The molecule has 0 saturated heterocycles. The van der Waals surface area contributed by atoms with Crippen molar-refractivity contribution < 1.29 is 18.3 Å². The Morgan fingerprint density at radius 1 is 1.48 bits per heavy atom. The molecule has 0 unspecified atom stereocenters. The molecule has 0 N–H and O–H groups in total. The maximum absolute atomic E-state index is 12.5. The molecule has 23 heavy (non-hydrogen) atoms. The van der Waals surface area contributed by atoms with E-state index in [9.17, 15) is 13.6 Å². The van der Waals surface area contributed by atoms with Crippen LogP contribution in [0.25, 0.3) is 0 Å². The number of hydrogen-bond donors (Lipinski definition) is 0. The molecule has 0 aromatic carbocycles. The topological polar surface area (TPSA) is 82.8 Å². The zero-order valence-corrected chi connectivity index (χ0v) is 13.2. The molecular formula is C13H15F2N5O2S. The normalized spacial score (nSPS) is 11.0. The van der Waals surface area contributed by atoms with Crippen LogP contribution in [0.4, 0.5) is 8.78 Å². The number of halogens is 2. The Labute approximate surface area is 135 Å². The first-order valence-corrected chi connectivity index (χ1v) is 7.81. The highest BCUT2D eigenvalue weighted by Gasteiger charge is 2.18. The Kier molecular flexibility index (Phi) is 6.39. The predicted molar refractivity (Wildman–Crippen MR) is 77.9 cm³/mol. The molecule has 7 nitrogen and oxygen atoms in total. The molecule has 0 bridgehead atoms. The van der Waals surface area contributed by atoms with Crippen molar-refractivity contribution in [1.82, 2.24) is 25.2 Å². The average molecular weight is 343 g/mol. The van der Waals surface area contributed by atoms with Crippen molar-refractivity contribution >= 4 is 17.7 Å². The van der Waals surface area contributed by atoms with E-state index in [-0.39, 0.29) is 29.0 Å². The highest BCUT2D eigenvalue weighted by atomic mass is 32.2. The van der Waals surface area contributed by atoms with Crippen LogP contribution in [0.5, 0.6) is 0 Å². The number of ether oxygens (including phenoxy) is 1. The second kappa shape index (κ2) is 8.51. The van der Waals surface area contributed by atoms with Crippen molar-refractivity contribution in [3.05, 3.63) is 29.7 Å². The average Bonchev–Trinajstić information content (AvgIpc) is 2.98. The number of alkyl halides is 2. The molecule has 2 rings (SSSR count). The van der Waals surface area contributed by atoms with Gasteiger partial charge in [-0.3, -0.25) is 0 Å². The Morgan fingerprint density at radius 2 is 2.30 bits per heavy atom. The molecule has 0 amide bonds. The minimum absolute atomic E-state index is 0.00890. The number of carbonyl (C=O) groups is 1. The van der Waals surface area contributed by atoms with Gasteiger partial charge in [-0.25, -0.2) is 14.5 Å². The first-order chi connectivity index (χ1) is 11.1. The van der Waals surface area contributed by atoms with E-state index < -0.39 is 11.7 Å². The van der Waals surface area contributed by atoms with Crippen LogP contribution in [-0.4, -0.2) is 36.9 Å². The van der Waals surface area contributed by atoms with Gasteiger partial charge in [0.2, 0.25) is 0 Å². The van der Waals surface area contributed by atoms with Crippen LogP contribution in [0.2, 0.25) is 0 Å². The number of pyridine rings is 1. The summed E-state index contributed by atoms with van der Waals surface area (Å²) in [7, 11) is 0. The smallest absolute Gasteiger partial charge is 0.341 e. The van der Waals surface area contributed by atoms with E-state index in [4.69, 9.17) is 4.74 Å². The first kappa shape index (κ1) is 17.3. The summed E-state index contributed by atoms with van der Waals surface area (Å²) in [6.07, 6.45) is 3.21. The van der Waals surface area contributed by atoms with Crippen LogP contribution in [-0.2, 0) is 17.9 Å². The monoisotopic (exact) mass is 343 g/mol. The number of hydrogen-bond acceptors (Lipinski definition) is 7. The molecule has 2 heterocycles. The van der Waals surface area contributed by atoms with Crippen molar-refractivity contribution in [3.63, 3.8) is 0 Å². The standard InChI is InChI=1S/C13H15F2N5O2S/c1-2-3-7-20-10(17-18-19-20)8-22-12(21)9-5-4-6-16-11(9)23-13(14)15/h4-6,13H,2-3,7-8H2,1H3. The number of aryl methyl sites for hydroxylation is 1. The lowest BCUT2D eigenvalue weighted by molar-refractivity contribution is 0.0451. The third-order valence-corrected chi connectivity index (χ3v) is 3.58. The lowest BCUT2D eigenvalue weighted by Crippen LogP contribution is -2.12. The number of rotatable bonds is 8. The quantitative estimate of drug-likeness (QED) is 0.538. The van der Waals surface area contributed by atoms with Gasteiger partial charge in [-0.05, 0) is 40.7 Å². The molecule has 0 radical (unpaired) electrons. The molecule has 0 aliphatic heterocycles. The maximum atomic E-state index is 12.5. The van der Waals surface area contributed by atoms with Crippen LogP contribution < -0.4 is 0 Å². The molecule has 0 spiro atoms. The van der Waals surface area contributed by atoms with Gasteiger partial charge >= 0.3 is 5.97 Å². The molecule has 124 valence electrons. The van der Waals surface area contributed by atoms with Crippen LogP contribution in [0.3, 0.4) is 0 Å². The molecule has 0 fully saturated rings. The van der Waals surface area contributed by atoms with E-state index in [1.807, 2.05) is 6.92 Å². The van der Waals surface area contributed by atoms with E-state index in [2.05, 4.69) is 20.5 Å². The van der Waals surface area contributed by atoms with Gasteiger partial charge in [-0.15, -0.1) is 5.10 Å². The van der Waals surface area contributed by atoms with Crippen LogP contribution >= 0.6 is 11.8 Å². The van der Waals surface area contributed by atoms with Crippen molar-refractivity contribution in [2.24, 2.45) is 0 Å². The van der Waals surface area contributed by atoms with Crippen LogP contribution in [0.15, 0.2) is 23.4 Å². The molecule has 0 saturated carbocycles. The molecule has 0 atom stereocenters. The first-order valence-electron chi connectivity index (χ1n) is 6.93. The summed E-state index contributed by atoms with van der Waals surface area (Å²) in [5, 5.41) is 11.1. The molecule has 10 heteroatoms. The number of aromatic nitrogens is 5. The van der Waals surface area contributed by atoms with Gasteiger partial charge in [0.1, 0.15) is 5.03 Å². The molecule has 0 aliphatic rings. The number of unbranched alkanes of at least 4 members (excludes halogenated alkanes) is 1. The van der Waals surface area contributed by atoms with E-state index in [1.54, 1.807) is 4.68 Å². The number of nitrogens with zero attached hydrogens (tertiary/aromatic N) is 5. The second-order valence-corrected chi connectivity index (χ2v) is 5.46. The van der Waals surface area contributed by atoms with Gasteiger partial charge < -0.3 is 4.74 Å². The highest BCUT2D eigenvalue weighted by molar-refractivity contribution is 7.99. The molecular weight excluding hydrogens is 328 g/mol. The summed E-state index contributed by atoms with van der Waals surface area (Å²) in [6, 6.07) is 2.87. The zero-order chi connectivity index (χ0) is 16.7. The molecule has 2 aromatic heterocycles. The summed E-state index contributed by atoms with van der Waals surface area (Å²) >= 11 is 0.200. The fraction of sp³-hybridized carbons (Fsp3) is 0.462. The molecule has 0 aliphatic carbocycles. The number of esters is 1. The largest absolute Gasteiger partial charge is 0.454 e. The number of tetrazole rings is 1. The Morgan fingerprint density at radius 3 is 3.04 bits per heavy atom. The Bertz CT molecular complexity index is 653. The summed E-state index contributed by atoms with van der Waals surface area (Å²) < 4.78 is 31.6. The predicted octanol–water partition coefficient (Wildman–Crippen LogP) is 2.54. The van der Waals surface area contributed by atoms with Crippen LogP contribution in [0, 0.1) is 0 Å². The third kappa shape index (κ3) is 4.95. The zero-order valence-electron chi connectivity index (χ0n) is 12.4. The third-order valence-electron chi connectivity index (χ3n) is 2.85. The van der Waals surface area contributed by atoms with Crippen molar-refractivity contribution in [2.75, 3.05) is 0 Å². The van der Waals surface area contributed by atoms with E-state index in [0.29, 0.717) is 12.4 Å². The lowest BCUT2D eigenvalue weighted by Gasteiger charge is -2.08. The Hall–Kier alpha value is -2.10. The highest BCUT2D eigenvalue weighted by Crippen LogP contribution is 2.26. The van der Waals surface area contributed by atoms with Gasteiger partial charge in [-0.1, -0.05) is 13.3 Å². The van der Waals surface area contributed by atoms with Crippen molar-refractivity contribution in [2.45, 2.75) is 43.7 Å². The van der Waals surface area contributed by atoms with E-state index >= 15 is 0 Å². The van der Waals surface area contributed by atoms with Gasteiger partial charge in [-0.2, -0.15) is 8.78 Å². The number of carbonyl (C=O) groups excluding carboxylic acids is 1. The number of thioether (sulfide) groups is 1. The summed E-state index contributed by atoms with van der Waals surface area (Å²) in [4.78, 5) is 15.8. The SMILES string of the molecule is CCCCn1nnnc1COC(=O)c1cccnc1SC(F)F. The summed E-state index contributed by atoms with van der Waals surface area (Å²) in [5.41, 5.74) is -0.00890. The summed E-state index contributed by atoms with van der Waals surface area (Å²) in [5.74, 6) is -3.01. The second-order valence-electron chi connectivity index (χ2n) is 4.48. The van der Waals surface area contributed by atoms with Gasteiger partial charge in [0.25, 0.3) is 5.76 Å². The minimum atomic E-state index is -2.67. The van der Waals surface area contributed by atoms with Crippen molar-refractivity contribution in [3.8, 4) is 0 Å². The van der Waals surface area contributed by atoms with Gasteiger partial charge in [0.05, 0.1) is 5.56 Å². The fourth-order valence-electron chi connectivity index (χ4n) is 1.74. The molecule has 2 aromatic rings. The van der Waals surface area contributed by atoms with E-state index in [0.717, 1.165) is 12.8 Å². The summed E-state index contributed by atoms with van der Waals surface area (Å²) in [6.45, 7) is 2.52. The van der Waals surface area contributed by atoms with Crippen LogP contribution in [0.1, 0.15) is 35.9 Å². The lowest BCUT2D eigenvalue weighted by atomic mass is 10.3. The Balaban J connectivity index is 2.02. The fourth-order valence-corrected chi connectivity index (χ4v) is 2.31. The van der Waals surface area contributed by atoms with Gasteiger partial charge in [0.15, 0.2) is 12.4 Å². The maximum Gasteiger partial charge on any atom is 0.341 e. The minimum Gasteiger partial charge on any atom is -0.454 e.